The standard InChI is InChI=1S/C14H18N6O/c1-11-15-16-17-20(11)13-5-3-12(4-6-13)14(21)19-9-7-18(2)8-10-19/h3-6H,7-10H2,1-2H3. The first-order valence-electron chi connectivity index (χ1n) is 6.98. The Bertz CT molecular complexity index is 627. The van der Waals surface area contributed by atoms with Crippen molar-refractivity contribution in [3.63, 3.8) is 0 Å². The molecule has 0 unspecified atom stereocenters. The number of hydrogen-bond donors (Lipinski definition) is 0. The number of aryl methyl sites for hydroxylation is 1. The number of rotatable bonds is 2. The Morgan fingerprint density at radius 1 is 1.10 bits per heavy atom. The van der Waals surface area contributed by atoms with Crippen molar-refractivity contribution < 1.29 is 4.79 Å². The molecule has 0 spiro atoms. The molecule has 110 valence electrons. The molecule has 0 atom stereocenters. The van der Waals surface area contributed by atoms with Gasteiger partial charge in [-0.2, -0.15) is 4.68 Å². The van der Waals surface area contributed by atoms with E-state index in [0.29, 0.717) is 11.4 Å². The molecule has 0 N–H and O–H groups in total. The van der Waals surface area contributed by atoms with Crippen LogP contribution in [0, 0.1) is 6.92 Å². The molecule has 0 saturated carbocycles. The molecule has 21 heavy (non-hydrogen) atoms. The van der Waals surface area contributed by atoms with Crippen LogP contribution in [0.25, 0.3) is 5.69 Å². The van der Waals surface area contributed by atoms with Gasteiger partial charge in [-0.15, -0.1) is 5.10 Å². The molecule has 0 bridgehead atoms. The lowest BCUT2D eigenvalue weighted by molar-refractivity contribution is 0.0664. The molecular formula is C14H18N6O. The van der Waals surface area contributed by atoms with Crippen LogP contribution in [0.2, 0.25) is 0 Å². The number of likely N-dealkylation sites (N-methyl/N-ethyl adjacent to an activating group) is 1. The summed E-state index contributed by atoms with van der Waals surface area (Å²) in [6.45, 7) is 5.25. The molecule has 1 aliphatic heterocycles. The number of hydrogen-bond acceptors (Lipinski definition) is 5. The maximum Gasteiger partial charge on any atom is 0.253 e. The highest BCUT2D eigenvalue weighted by atomic mass is 16.2. The Morgan fingerprint density at radius 2 is 1.76 bits per heavy atom. The fourth-order valence-electron chi connectivity index (χ4n) is 2.41. The van der Waals surface area contributed by atoms with Gasteiger partial charge >= 0.3 is 0 Å². The molecule has 2 aromatic rings. The van der Waals surface area contributed by atoms with E-state index in [4.69, 9.17) is 0 Å². The molecular weight excluding hydrogens is 268 g/mol. The molecule has 1 aromatic heterocycles. The quantitative estimate of drug-likeness (QED) is 0.797. The molecule has 7 heteroatoms. The summed E-state index contributed by atoms with van der Waals surface area (Å²) in [5.74, 6) is 0.802. The van der Waals surface area contributed by atoms with Crippen LogP contribution in [0.3, 0.4) is 0 Å². The minimum atomic E-state index is 0.0862. The van der Waals surface area contributed by atoms with Crippen molar-refractivity contribution in [2.75, 3.05) is 33.2 Å². The number of carbonyl (C=O) groups excluding carboxylic acids is 1. The lowest BCUT2D eigenvalue weighted by Crippen LogP contribution is -2.47. The first-order valence-corrected chi connectivity index (χ1v) is 6.98. The smallest absolute Gasteiger partial charge is 0.253 e. The fourth-order valence-corrected chi connectivity index (χ4v) is 2.41. The van der Waals surface area contributed by atoms with E-state index in [1.807, 2.05) is 36.1 Å². The predicted molar refractivity (Wildman–Crippen MR) is 77.3 cm³/mol. The molecule has 1 amide bonds. The zero-order valence-electron chi connectivity index (χ0n) is 12.2. The topological polar surface area (TPSA) is 67.2 Å². The van der Waals surface area contributed by atoms with Gasteiger partial charge < -0.3 is 9.80 Å². The summed E-state index contributed by atoms with van der Waals surface area (Å²) in [6, 6.07) is 7.40. The van der Waals surface area contributed by atoms with Crippen molar-refractivity contribution in [3.05, 3.63) is 35.7 Å². The van der Waals surface area contributed by atoms with Gasteiger partial charge in [0.2, 0.25) is 0 Å². The first-order chi connectivity index (χ1) is 10.1. The Kier molecular flexibility index (Phi) is 3.66. The first kappa shape index (κ1) is 13.7. The molecule has 2 heterocycles. The minimum absolute atomic E-state index is 0.0862. The summed E-state index contributed by atoms with van der Waals surface area (Å²) in [7, 11) is 2.07. The van der Waals surface area contributed by atoms with Gasteiger partial charge in [0.05, 0.1) is 5.69 Å². The van der Waals surface area contributed by atoms with Gasteiger partial charge in [-0.3, -0.25) is 4.79 Å². The highest BCUT2D eigenvalue weighted by molar-refractivity contribution is 5.94. The summed E-state index contributed by atoms with van der Waals surface area (Å²) < 4.78 is 1.64. The van der Waals surface area contributed by atoms with E-state index < -0.39 is 0 Å². The molecule has 1 aromatic carbocycles. The van der Waals surface area contributed by atoms with Crippen molar-refractivity contribution >= 4 is 5.91 Å². The van der Waals surface area contributed by atoms with Crippen molar-refractivity contribution in [1.82, 2.24) is 30.0 Å². The molecule has 0 aliphatic carbocycles. The molecule has 0 radical (unpaired) electrons. The average Bonchev–Trinajstić information content (AvgIpc) is 2.94. The van der Waals surface area contributed by atoms with Crippen LogP contribution >= 0.6 is 0 Å². The number of carbonyl (C=O) groups is 1. The monoisotopic (exact) mass is 286 g/mol. The van der Waals surface area contributed by atoms with Crippen LogP contribution in [0.4, 0.5) is 0 Å². The number of amides is 1. The fraction of sp³-hybridized carbons (Fsp3) is 0.429. The third kappa shape index (κ3) is 2.78. The van der Waals surface area contributed by atoms with Gasteiger partial charge in [0, 0.05) is 31.7 Å². The van der Waals surface area contributed by atoms with Crippen LogP contribution in [-0.4, -0.2) is 69.1 Å². The van der Waals surface area contributed by atoms with Gasteiger partial charge in [-0.05, 0) is 48.7 Å². The van der Waals surface area contributed by atoms with Gasteiger partial charge in [0.25, 0.3) is 5.91 Å². The number of benzene rings is 1. The Balaban J connectivity index is 1.75. The highest BCUT2D eigenvalue weighted by Crippen LogP contribution is 2.12. The zero-order chi connectivity index (χ0) is 14.8. The van der Waals surface area contributed by atoms with Crippen molar-refractivity contribution in [3.8, 4) is 5.69 Å². The maximum atomic E-state index is 12.4. The highest BCUT2D eigenvalue weighted by Gasteiger charge is 2.20. The molecule has 1 aliphatic rings. The van der Waals surface area contributed by atoms with E-state index >= 15 is 0 Å². The number of tetrazole rings is 1. The molecule has 1 saturated heterocycles. The summed E-state index contributed by atoms with van der Waals surface area (Å²) in [4.78, 5) is 16.6. The van der Waals surface area contributed by atoms with E-state index in [2.05, 4.69) is 27.5 Å². The Hall–Kier alpha value is -2.28. The van der Waals surface area contributed by atoms with E-state index in [0.717, 1.165) is 31.9 Å². The van der Waals surface area contributed by atoms with Crippen LogP contribution in [-0.2, 0) is 0 Å². The van der Waals surface area contributed by atoms with Gasteiger partial charge in [-0.25, -0.2) is 0 Å². The largest absolute Gasteiger partial charge is 0.336 e. The van der Waals surface area contributed by atoms with Crippen molar-refractivity contribution in [2.45, 2.75) is 6.92 Å². The summed E-state index contributed by atoms with van der Waals surface area (Å²) in [5.41, 5.74) is 1.56. The predicted octanol–water partition coefficient (Wildman–Crippen LogP) is 0.358. The second-order valence-corrected chi connectivity index (χ2v) is 5.28. The number of piperazine rings is 1. The Morgan fingerprint density at radius 3 is 2.33 bits per heavy atom. The number of aromatic nitrogens is 4. The van der Waals surface area contributed by atoms with E-state index in [1.165, 1.54) is 0 Å². The third-order valence-electron chi connectivity index (χ3n) is 3.77. The SMILES string of the molecule is Cc1nnnn1-c1ccc(C(=O)N2CCN(C)CC2)cc1. The lowest BCUT2D eigenvalue weighted by atomic mass is 10.1. The van der Waals surface area contributed by atoms with Gasteiger partial charge in [0.1, 0.15) is 0 Å². The normalized spacial score (nSPS) is 16.2. The van der Waals surface area contributed by atoms with E-state index in [-0.39, 0.29) is 5.91 Å². The molecule has 1 fully saturated rings. The maximum absolute atomic E-state index is 12.4. The Labute approximate surface area is 123 Å². The van der Waals surface area contributed by atoms with Crippen LogP contribution in [0.15, 0.2) is 24.3 Å². The van der Waals surface area contributed by atoms with Crippen LogP contribution < -0.4 is 0 Å². The van der Waals surface area contributed by atoms with E-state index in [1.54, 1.807) is 4.68 Å². The van der Waals surface area contributed by atoms with E-state index in [9.17, 15) is 4.79 Å². The molecule has 7 nitrogen and oxygen atoms in total. The van der Waals surface area contributed by atoms with Gasteiger partial charge in [-0.1, -0.05) is 0 Å². The summed E-state index contributed by atoms with van der Waals surface area (Å²) in [5, 5.41) is 11.4. The lowest BCUT2D eigenvalue weighted by Gasteiger charge is -2.32. The van der Waals surface area contributed by atoms with Crippen molar-refractivity contribution in [2.24, 2.45) is 0 Å². The second kappa shape index (κ2) is 5.61. The third-order valence-corrected chi connectivity index (χ3v) is 3.77. The average molecular weight is 286 g/mol. The second-order valence-electron chi connectivity index (χ2n) is 5.28. The van der Waals surface area contributed by atoms with Crippen molar-refractivity contribution in [1.29, 1.82) is 0 Å². The van der Waals surface area contributed by atoms with Gasteiger partial charge in [0.15, 0.2) is 5.82 Å². The summed E-state index contributed by atoms with van der Waals surface area (Å²) in [6.07, 6.45) is 0. The van der Waals surface area contributed by atoms with Crippen LogP contribution in [0.1, 0.15) is 16.2 Å². The number of nitrogens with zero attached hydrogens (tertiary/aromatic N) is 6. The van der Waals surface area contributed by atoms with Crippen LogP contribution in [0.5, 0.6) is 0 Å². The zero-order valence-corrected chi connectivity index (χ0v) is 12.2. The minimum Gasteiger partial charge on any atom is -0.336 e. The molecule has 3 rings (SSSR count). The summed E-state index contributed by atoms with van der Waals surface area (Å²) >= 11 is 0.